The molecule has 2 heterocycles. The minimum absolute atomic E-state index is 0.195. The number of aliphatic hydroxyl groups excluding tert-OH is 1. The third-order valence-corrected chi connectivity index (χ3v) is 4.35. The zero-order valence-corrected chi connectivity index (χ0v) is 13.9. The van der Waals surface area contributed by atoms with Crippen LogP contribution in [0.1, 0.15) is 5.56 Å². The van der Waals surface area contributed by atoms with Gasteiger partial charge in [-0.25, -0.2) is 9.97 Å². The quantitative estimate of drug-likeness (QED) is 0.760. The summed E-state index contributed by atoms with van der Waals surface area (Å²) in [5, 5.41) is 12.3. The number of nitrogens with one attached hydrogen (secondary N) is 1. The molecule has 1 saturated heterocycles. The second-order valence-corrected chi connectivity index (χ2v) is 5.95. The van der Waals surface area contributed by atoms with E-state index in [1.165, 1.54) is 0 Å². The molecule has 7 nitrogen and oxygen atoms in total. The number of nitrogens with two attached hydrogens (primary N) is 1. The molecule has 1 aliphatic heterocycles. The largest absolute Gasteiger partial charge is 0.395 e. The standard InChI is InChI=1S/C17H24N6O/c1-13-4-2-3-5-14(13)21-16-15(18)17(20-12-19-16)23-8-6-22(7-9-23)10-11-24/h2-5,12,24H,6-11,18H2,1H3,(H,19,20,21). The number of β-amino-alcohol motifs (C(OH)–C–C–N with tert-alkyl or cyclic N) is 1. The first-order valence-corrected chi connectivity index (χ1v) is 8.20. The van der Waals surface area contributed by atoms with E-state index < -0.39 is 0 Å². The van der Waals surface area contributed by atoms with Crippen LogP contribution in [0.2, 0.25) is 0 Å². The molecule has 0 spiro atoms. The number of hydrogen-bond donors (Lipinski definition) is 3. The molecule has 1 aromatic heterocycles. The molecule has 1 aromatic carbocycles. The molecule has 0 unspecified atom stereocenters. The van der Waals surface area contributed by atoms with Crippen molar-refractivity contribution in [2.24, 2.45) is 0 Å². The van der Waals surface area contributed by atoms with Gasteiger partial charge >= 0.3 is 0 Å². The number of para-hydroxylation sites is 1. The topological polar surface area (TPSA) is 90.5 Å². The van der Waals surface area contributed by atoms with Gasteiger partial charge in [0, 0.05) is 38.4 Å². The first kappa shape index (κ1) is 16.5. The lowest BCUT2D eigenvalue weighted by atomic mass is 10.2. The van der Waals surface area contributed by atoms with Crippen LogP contribution in [0.15, 0.2) is 30.6 Å². The molecule has 1 aliphatic rings. The van der Waals surface area contributed by atoms with Crippen LogP contribution in [0.25, 0.3) is 0 Å². The van der Waals surface area contributed by atoms with Crippen molar-refractivity contribution in [3.63, 3.8) is 0 Å². The molecule has 24 heavy (non-hydrogen) atoms. The number of aromatic nitrogens is 2. The molecule has 0 saturated carbocycles. The van der Waals surface area contributed by atoms with Crippen LogP contribution in [-0.2, 0) is 0 Å². The second kappa shape index (κ2) is 7.46. The van der Waals surface area contributed by atoms with Crippen LogP contribution in [0.4, 0.5) is 23.0 Å². The molecule has 0 radical (unpaired) electrons. The fourth-order valence-electron chi connectivity index (χ4n) is 2.90. The molecule has 4 N–H and O–H groups in total. The summed E-state index contributed by atoms with van der Waals surface area (Å²) >= 11 is 0. The van der Waals surface area contributed by atoms with Gasteiger partial charge in [0.05, 0.1) is 6.61 Å². The summed E-state index contributed by atoms with van der Waals surface area (Å²) in [6, 6.07) is 8.03. The lowest BCUT2D eigenvalue weighted by Gasteiger charge is -2.35. The number of rotatable bonds is 5. The Morgan fingerprint density at radius 1 is 1.17 bits per heavy atom. The van der Waals surface area contributed by atoms with Gasteiger partial charge < -0.3 is 21.1 Å². The average Bonchev–Trinajstić information content (AvgIpc) is 2.60. The third kappa shape index (κ3) is 3.58. The van der Waals surface area contributed by atoms with Crippen LogP contribution < -0.4 is 16.0 Å². The number of nitrogen functional groups attached to an aromatic ring is 1. The first-order valence-electron chi connectivity index (χ1n) is 8.20. The van der Waals surface area contributed by atoms with E-state index in [0.29, 0.717) is 18.1 Å². The van der Waals surface area contributed by atoms with Crippen molar-refractivity contribution in [3.8, 4) is 0 Å². The van der Waals surface area contributed by atoms with Gasteiger partial charge in [-0.3, -0.25) is 4.90 Å². The van der Waals surface area contributed by atoms with Gasteiger partial charge in [-0.2, -0.15) is 0 Å². The zero-order valence-electron chi connectivity index (χ0n) is 13.9. The summed E-state index contributed by atoms with van der Waals surface area (Å²) in [5.74, 6) is 1.40. The van der Waals surface area contributed by atoms with Crippen molar-refractivity contribution in [2.75, 3.05) is 55.3 Å². The number of nitrogens with zero attached hydrogens (tertiary/aromatic N) is 4. The Bertz CT molecular complexity index is 685. The minimum atomic E-state index is 0.195. The van der Waals surface area contributed by atoms with Crippen LogP contribution >= 0.6 is 0 Å². The summed E-state index contributed by atoms with van der Waals surface area (Å²) in [4.78, 5) is 13.1. The van der Waals surface area contributed by atoms with E-state index in [1.54, 1.807) is 6.33 Å². The van der Waals surface area contributed by atoms with Gasteiger partial charge in [-0.1, -0.05) is 18.2 Å². The summed E-state index contributed by atoms with van der Waals surface area (Å²) in [6.45, 7) is 6.42. The van der Waals surface area contributed by atoms with E-state index in [1.807, 2.05) is 31.2 Å². The number of aliphatic hydroxyl groups is 1. The first-order chi connectivity index (χ1) is 11.7. The van der Waals surface area contributed by atoms with E-state index >= 15 is 0 Å². The lowest BCUT2D eigenvalue weighted by molar-refractivity contribution is 0.188. The molecule has 128 valence electrons. The Kier molecular flexibility index (Phi) is 5.12. The monoisotopic (exact) mass is 328 g/mol. The third-order valence-electron chi connectivity index (χ3n) is 4.35. The normalized spacial score (nSPS) is 15.5. The number of anilines is 4. The summed E-state index contributed by atoms with van der Waals surface area (Å²) in [5.41, 5.74) is 9.01. The predicted molar refractivity (Wildman–Crippen MR) is 96.6 cm³/mol. The maximum absolute atomic E-state index is 9.04. The highest BCUT2D eigenvalue weighted by Gasteiger charge is 2.21. The molecule has 0 amide bonds. The Hall–Kier alpha value is -2.38. The fourth-order valence-corrected chi connectivity index (χ4v) is 2.90. The molecular formula is C17H24N6O. The lowest BCUT2D eigenvalue weighted by Crippen LogP contribution is -2.47. The summed E-state index contributed by atoms with van der Waals surface area (Å²) in [7, 11) is 0. The van der Waals surface area contributed by atoms with Crippen molar-refractivity contribution >= 4 is 23.0 Å². The molecule has 7 heteroatoms. The highest BCUT2D eigenvalue weighted by molar-refractivity contribution is 5.78. The maximum Gasteiger partial charge on any atom is 0.159 e. The molecular weight excluding hydrogens is 304 g/mol. The molecule has 1 fully saturated rings. The molecule has 3 rings (SSSR count). The fraction of sp³-hybridized carbons (Fsp3) is 0.412. The van der Waals surface area contributed by atoms with Crippen LogP contribution in [0.5, 0.6) is 0 Å². The smallest absolute Gasteiger partial charge is 0.159 e. The van der Waals surface area contributed by atoms with Crippen molar-refractivity contribution in [1.82, 2.24) is 14.9 Å². The molecule has 0 atom stereocenters. The molecule has 0 bridgehead atoms. The highest BCUT2D eigenvalue weighted by Crippen LogP contribution is 2.29. The second-order valence-electron chi connectivity index (χ2n) is 5.95. The number of aryl methyl sites for hydroxylation is 1. The van der Waals surface area contributed by atoms with Gasteiger partial charge in [0.25, 0.3) is 0 Å². The Labute approximate surface area is 142 Å². The predicted octanol–water partition coefficient (Wildman–Crippen LogP) is 1.23. The number of piperazine rings is 1. The minimum Gasteiger partial charge on any atom is -0.395 e. The number of benzene rings is 1. The van der Waals surface area contributed by atoms with Crippen molar-refractivity contribution < 1.29 is 5.11 Å². The van der Waals surface area contributed by atoms with Gasteiger partial charge in [0.1, 0.15) is 12.0 Å². The summed E-state index contributed by atoms with van der Waals surface area (Å²) in [6.07, 6.45) is 1.55. The molecule has 0 aliphatic carbocycles. The maximum atomic E-state index is 9.04. The van der Waals surface area contributed by atoms with E-state index in [0.717, 1.165) is 43.2 Å². The Balaban J connectivity index is 1.76. The van der Waals surface area contributed by atoms with Gasteiger partial charge in [-0.05, 0) is 18.6 Å². The average molecular weight is 328 g/mol. The van der Waals surface area contributed by atoms with Crippen LogP contribution in [0.3, 0.4) is 0 Å². The van der Waals surface area contributed by atoms with Crippen LogP contribution in [0, 0.1) is 6.92 Å². The van der Waals surface area contributed by atoms with Gasteiger partial charge in [-0.15, -0.1) is 0 Å². The van der Waals surface area contributed by atoms with E-state index in [9.17, 15) is 0 Å². The van der Waals surface area contributed by atoms with Gasteiger partial charge in [0.15, 0.2) is 11.6 Å². The van der Waals surface area contributed by atoms with E-state index in [-0.39, 0.29) is 6.61 Å². The van der Waals surface area contributed by atoms with Crippen molar-refractivity contribution in [1.29, 1.82) is 0 Å². The Morgan fingerprint density at radius 2 is 1.92 bits per heavy atom. The van der Waals surface area contributed by atoms with Crippen LogP contribution in [-0.4, -0.2) is 59.3 Å². The number of hydrogen-bond acceptors (Lipinski definition) is 7. The SMILES string of the molecule is Cc1ccccc1Nc1ncnc(N2CCN(CCO)CC2)c1N. The van der Waals surface area contributed by atoms with E-state index in [2.05, 4.69) is 25.1 Å². The summed E-state index contributed by atoms with van der Waals surface area (Å²) < 4.78 is 0. The van der Waals surface area contributed by atoms with Crippen molar-refractivity contribution in [3.05, 3.63) is 36.2 Å². The van der Waals surface area contributed by atoms with E-state index in [4.69, 9.17) is 10.8 Å². The Morgan fingerprint density at radius 3 is 2.62 bits per heavy atom. The zero-order chi connectivity index (χ0) is 16.9. The molecule has 2 aromatic rings. The highest BCUT2D eigenvalue weighted by atomic mass is 16.3. The van der Waals surface area contributed by atoms with Gasteiger partial charge in [0.2, 0.25) is 0 Å². The van der Waals surface area contributed by atoms with Crippen molar-refractivity contribution in [2.45, 2.75) is 6.92 Å².